The molecule has 146 valence electrons. The van der Waals surface area contributed by atoms with E-state index in [1.807, 2.05) is 31.2 Å². The van der Waals surface area contributed by atoms with Crippen LogP contribution in [0, 0.1) is 0 Å². The van der Waals surface area contributed by atoms with Gasteiger partial charge < -0.3 is 14.8 Å². The van der Waals surface area contributed by atoms with Crippen molar-refractivity contribution in [1.82, 2.24) is 4.98 Å². The quantitative estimate of drug-likeness (QED) is 0.690. The van der Waals surface area contributed by atoms with Gasteiger partial charge in [0.15, 0.2) is 0 Å². The number of amides is 1. The fourth-order valence-corrected chi connectivity index (χ4v) is 3.80. The van der Waals surface area contributed by atoms with Crippen LogP contribution < -0.4 is 10.1 Å². The highest BCUT2D eigenvalue weighted by atomic mass is 16.5. The van der Waals surface area contributed by atoms with Crippen LogP contribution in [-0.4, -0.2) is 29.7 Å². The van der Waals surface area contributed by atoms with Gasteiger partial charge in [0.25, 0.3) is 5.91 Å². The van der Waals surface area contributed by atoms with Gasteiger partial charge in [0, 0.05) is 18.2 Å². The lowest BCUT2D eigenvalue weighted by atomic mass is 9.92. The number of pyridine rings is 1. The lowest BCUT2D eigenvalue weighted by Crippen LogP contribution is -2.45. The van der Waals surface area contributed by atoms with E-state index >= 15 is 0 Å². The molecule has 0 aliphatic heterocycles. The molecule has 0 radical (unpaired) electrons. The molecule has 0 bridgehead atoms. The fraction of sp³-hybridized carbons (Fsp3) is 0.545. The van der Waals surface area contributed by atoms with Crippen molar-refractivity contribution < 1.29 is 14.3 Å². The van der Waals surface area contributed by atoms with Gasteiger partial charge in [-0.05, 0) is 50.5 Å². The second-order valence-electron chi connectivity index (χ2n) is 7.15. The average molecular weight is 370 g/mol. The van der Waals surface area contributed by atoms with Crippen molar-refractivity contribution in [2.24, 2.45) is 0 Å². The summed E-state index contributed by atoms with van der Waals surface area (Å²) in [5, 5.41) is 4.03. The highest BCUT2D eigenvalue weighted by Gasteiger charge is 2.39. The van der Waals surface area contributed by atoms with E-state index < -0.39 is 5.60 Å². The zero-order valence-electron chi connectivity index (χ0n) is 16.4. The first-order chi connectivity index (χ1) is 13.2. The number of fused-ring (bicyclic) bond motifs is 1. The summed E-state index contributed by atoms with van der Waals surface area (Å²) in [5.74, 6) is 0.699. The van der Waals surface area contributed by atoms with Crippen LogP contribution in [0.3, 0.4) is 0 Å². The van der Waals surface area contributed by atoms with E-state index in [0.717, 1.165) is 54.4 Å². The van der Waals surface area contributed by atoms with Crippen molar-refractivity contribution in [3.05, 3.63) is 30.5 Å². The molecule has 1 fully saturated rings. The third-order valence-electron chi connectivity index (χ3n) is 5.19. The van der Waals surface area contributed by atoms with Crippen molar-refractivity contribution in [2.75, 3.05) is 18.5 Å². The molecule has 5 nitrogen and oxygen atoms in total. The van der Waals surface area contributed by atoms with E-state index in [9.17, 15) is 4.79 Å². The number of carbonyl (C=O) groups is 1. The summed E-state index contributed by atoms with van der Waals surface area (Å²) >= 11 is 0. The lowest BCUT2D eigenvalue weighted by Gasteiger charge is -2.31. The first kappa shape index (κ1) is 19.6. The second-order valence-corrected chi connectivity index (χ2v) is 7.15. The maximum atomic E-state index is 13.3. The molecule has 1 N–H and O–H groups in total. The van der Waals surface area contributed by atoms with Gasteiger partial charge in [0.05, 0.1) is 12.3 Å². The third-order valence-corrected chi connectivity index (χ3v) is 5.19. The van der Waals surface area contributed by atoms with Gasteiger partial charge in [0.2, 0.25) is 0 Å². The Morgan fingerprint density at radius 1 is 1.15 bits per heavy atom. The molecule has 1 aromatic carbocycles. The van der Waals surface area contributed by atoms with Crippen molar-refractivity contribution in [3.8, 4) is 5.75 Å². The van der Waals surface area contributed by atoms with E-state index in [2.05, 4.69) is 17.2 Å². The summed E-state index contributed by atoms with van der Waals surface area (Å²) in [4.78, 5) is 17.8. The van der Waals surface area contributed by atoms with Gasteiger partial charge >= 0.3 is 0 Å². The van der Waals surface area contributed by atoms with Crippen molar-refractivity contribution in [2.45, 2.75) is 64.4 Å². The second kappa shape index (κ2) is 9.18. The first-order valence-corrected chi connectivity index (χ1v) is 10.2. The minimum atomic E-state index is -0.723. The summed E-state index contributed by atoms with van der Waals surface area (Å²) in [5.41, 5.74) is 0.802. The number of benzene rings is 1. The maximum absolute atomic E-state index is 13.3. The largest absolute Gasteiger partial charge is 0.492 e. The molecule has 3 rings (SSSR count). The van der Waals surface area contributed by atoms with Crippen molar-refractivity contribution in [1.29, 1.82) is 0 Å². The first-order valence-electron chi connectivity index (χ1n) is 10.2. The Labute approximate surface area is 161 Å². The van der Waals surface area contributed by atoms with E-state index in [0.29, 0.717) is 13.2 Å². The van der Waals surface area contributed by atoms with E-state index in [1.54, 1.807) is 6.20 Å². The monoisotopic (exact) mass is 370 g/mol. The lowest BCUT2D eigenvalue weighted by molar-refractivity contribution is -0.143. The van der Waals surface area contributed by atoms with E-state index in [-0.39, 0.29) is 5.91 Å². The van der Waals surface area contributed by atoms with Crippen LogP contribution in [-0.2, 0) is 9.53 Å². The Morgan fingerprint density at radius 3 is 2.63 bits per heavy atom. The predicted octanol–water partition coefficient (Wildman–Crippen LogP) is 5.09. The molecular weight excluding hydrogens is 340 g/mol. The minimum Gasteiger partial charge on any atom is -0.492 e. The summed E-state index contributed by atoms with van der Waals surface area (Å²) < 4.78 is 11.8. The van der Waals surface area contributed by atoms with Gasteiger partial charge in [-0.1, -0.05) is 32.6 Å². The zero-order chi connectivity index (χ0) is 19.1. The molecular formula is C22H30N2O3. The Bertz CT molecular complexity index is 767. The predicted molar refractivity (Wildman–Crippen MR) is 108 cm³/mol. The SMILES string of the molecule is CCCOC1(C(=O)Nc2ccc(OCC)c3ncccc23)CCCCCC1. The minimum absolute atomic E-state index is 0.0350. The molecule has 0 saturated heterocycles. The topological polar surface area (TPSA) is 60.5 Å². The molecule has 0 unspecified atom stereocenters. The van der Waals surface area contributed by atoms with Crippen LogP contribution in [0.1, 0.15) is 58.8 Å². The van der Waals surface area contributed by atoms with Gasteiger partial charge in [-0.15, -0.1) is 0 Å². The van der Waals surface area contributed by atoms with Gasteiger partial charge in [0.1, 0.15) is 16.9 Å². The molecule has 0 spiro atoms. The summed E-state index contributed by atoms with van der Waals surface area (Å²) in [6.07, 6.45) is 8.61. The number of rotatable bonds is 7. The standard InChI is InChI=1S/C22H30N2O3/c1-3-16-27-22(13-7-5-6-8-14-22)21(25)24-18-11-12-19(26-4-2)20-17(18)10-9-15-23-20/h9-12,15H,3-8,13-14,16H2,1-2H3,(H,24,25). The van der Waals surface area contributed by atoms with E-state index in [1.165, 1.54) is 12.8 Å². The van der Waals surface area contributed by atoms with Crippen LogP contribution in [0.5, 0.6) is 5.75 Å². The van der Waals surface area contributed by atoms with Crippen LogP contribution in [0.4, 0.5) is 5.69 Å². The Morgan fingerprint density at radius 2 is 1.93 bits per heavy atom. The smallest absolute Gasteiger partial charge is 0.256 e. The van der Waals surface area contributed by atoms with Gasteiger partial charge in [-0.25, -0.2) is 0 Å². The highest BCUT2D eigenvalue weighted by molar-refractivity contribution is 6.05. The van der Waals surface area contributed by atoms with Crippen molar-refractivity contribution >= 4 is 22.5 Å². The number of nitrogens with one attached hydrogen (secondary N) is 1. The maximum Gasteiger partial charge on any atom is 0.256 e. The summed E-state index contributed by atoms with van der Waals surface area (Å²) in [6.45, 7) is 5.21. The normalized spacial score (nSPS) is 16.7. The number of hydrogen-bond donors (Lipinski definition) is 1. The van der Waals surface area contributed by atoms with E-state index in [4.69, 9.17) is 9.47 Å². The van der Waals surface area contributed by atoms with Crippen LogP contribution in [0.15, 0.2) is 30.5 Å². The molecule has 1 saturated carbocycles. The number of nitrogens with zero attached hydrogens (tertiary/aromatic N) is 1. The number of aromatic nitrogens is 1. The van der Waals surface area contributed by atoms with Gasteiger partial charge in [-0.3, -0.25) is 9.78 Å². The molecule has 1 aromatic heterocycles. The highest BCUT2D eigenvalue weighted by Crippen LogP contribution is 2.34. The number of carbonyl (C=O) groups excluding carboxylic acids is 1. The Balaban J connectivity index is 1.90. The average Bonchev–Trinajstić information content (AvgIpc) is 2.95. The third kappa shape index (κ3) is 4.41. The van der Waals surface area contributed by atoms with Crippen molar-refractivity contribution in [3.63, 3.8) is 0 Å². The molecule has 0 atom stereocenters. The van der Waals surface area contributed by atoms with Crippen LogP contribution in [0.25, 0.3) is 10.9 Å². The van der Waals surface area contributed by atoms with Crippen LogP contribution in [0.2, 0.25) is 0 Å². The number of hydrogen-bond acceptors (Lipinski definition) is 4. The number of ether oxygens (including phenoxy) is 2. The van der Waals surface area contributed by atoms with Gasteiger partial charge in [-0.2, -0.15) is 0 Å². The Kier molecular flexibility index (Phi) is 6.67. The molecule has 27 heavy (non-hydrogen) atoms. The molecule has 1 amide bonds. The summed E-state index contributed by atoms with van der Waals surface area (Å²) in [6, 6.07) is 7.62. The molecule has 5 heteroatoms. The van der Waals surface area contributed by atoms with Crippen LogP contribution >= 0.6 is 0 Å². The molecule has 2 aromatic rings. The molecule has 1 heterocycles. The Hall–Kier alpha value is -2.14. The zero-order valence-corrected chi connectivity index (χ0v) is 16.4. The molecule has 1 aliphatic carbocycles. The fourth-order valence-electron chi connectivity index (χ4n) is 3.80. The summed E-state index contributed by atoms with van der Waals surface area (Å²) in [7, 11) is 0. The molecule has 1 aliphatic rings. The number of anilines is 1.